The summed E-state index contributed by atoms with van der Waals surface area (Å²) in [6, 6.07) is 6.98. The van der Waals surface area contributed by atoms with E-state index in [0.717, 1.165) is 11.3 Å². The van der Waals surface area contributed by atoms with Gasteiger partial charge in [-0.15, -0.1) is 0 Å². The molecule has 1 aromatic carbocycles. The van der Waals surface area contributed by atoms with Crippen molar-refractivity contribution in [3.05, 3.63) is 30.2 Å². The molecule has 1 N–H and O–H groups in total. The number of hydrogen-bond acceptors (Lipinski definition) is 8. The largest absolute Gasteiger partial charge is 0.497 e. The molecular weight excluding hydrogens is 372 g/mol. The van der Waals surface area contributed by atoms with Gasteiger partial charge in [0.15, 0.2) is 9.84 Å². The van der Waals surface area contributed by atoms with Gasteiger partial charge in [0.05, 0.1) is 31.7 Å². The number of sulfone groups is 1. The van der Waals surface area contributed by atoms with Gasteiger partial charge in [0.2, 0.25) is 17.6 Å². The molecule has 1 fully saturated rings. The molecule has 2 aromatic rings. The highest BCUT2D eigenvalue weighted by atomic mass is 32.2. The molecule has 1 atom stereocenters. The summed E-state index contributed by atoms with van der Waals surface area (Å²) < 4.78 is 33.2. The predicted molar refractivity (Wildman–Crippen MR) is 97.8 cm³/mol. The molecule has 0 radical (unpaired) electrons. The van der Waals surface area contributed by atoms with E-state index < -0.39 is 9.84 Å². The number of aromatic nitrogens is 2. The van der Waals surface area contributed by atoms with Gasteiger partial charge in [-0.25, -0.2) is 8.42 Å². The maximum absolute atomic E-state index is 12.1. The zero-order valence-corrected chi connectivity index (χ0v) is 16.0. The summed E-state index contributed by atoms with van der Waals surface area (Å²) in [5, 5.41) is 6.71. The van der Waals surface area contributed by atoms with E-state index in [-0.39, 0.29) is 30.0 Å². The van der Waals surface area contributed by atoms with Gasteiger partial charge in [-0.2, -0.15) is 4.98 Å². The van der Waals surface area contributed by atoms with Crippen molar-refractivity contribution in [3.63, 3.8) is 0 Å². The van der Waals surface area contributed by atoms with Crippen molar-refractivity contribution < 1.29 is 22.5 Å². The summed E-state index contributed by atoms with van der Waals surface area (Å²) in [6.45, 7) is 0.413. The number of ether oxygens (including phenoxy) is 1. The fourth-order valence-corrected chi connectivity index (χ4v) is 4.56. The maximum Gasteiger partial charge on any atom is 0.241 e. The molecule has 27 heavy (non-hydrogen) atoms. The highest BCUT2D eigenvalue weighted by molar-refractivity contribution is 7.91. The van der Waals surface area contributed by atoms with Crippen LogP contribution >= 0.6 is 0 Å². The van der Waals surface area contributed by atoms with E-state index in [0.29, 0.717) is 24.7 Å². The summed E-state index contributed by atoms with van der Waals surface area (Å²) in [6.07, 6.45) is 0.465. The van der Waals surface area contributed by atoms with E-state index in [2.05, 4.69) is 15.5 Å². The van der Waals surface area contributed by atoms with Crippen LogP contribution in [-0.2, 0) is 21.2 Å². The van der Waals surface area contributed by atoms with Crippen LogP contribution in [0.2, 0.25) is 0 Å². The van der Waals surface area contributed by atoms with Crippen molar-refractivity contribution in [2.45, 2.75) is 19.0 Å². The van der Waals surface area contributed by atoms with Crippen molar-refractivity contribution in [1.82, 2.24) is 20.4 Å². The number of amides is 1. The third-order valence-corrected chi connectivity index (χ3v) is 6.00. The predicted octanol–water partition coefficient (Wildman–Crippen LogP) is 0.480. The van der Waals surface area contributed by atoms with Crippen LogP contribution in [0.4, 0.5) is 0 Å². The Bertz CT molecular complexity index is 894. The van der Waals surface area contributed by atoms with Gasteiger partial charge in [0.1, 0.15) is 5.75 Å². The van der Waals surface area contributed by atoms with Crippen LogP contribution in [0.15, 0.2) is 28.8 Å². The van der Waals surface area contributed by atoms with E-state index in [4.69, 9.17) is 9.26 Å². The van der Waals surface area contributed by atoms with Gasteiger partial charge >= 0.3 is 0 Å². The first-order valence-electron chi connectivity index (χ1n) is 8.50. The molecule has 10 heteroatoms. The van der Waals surface area contributed by atoms with Crippen LogP contribution in [0.5, 0.6) is 5.75 Å². The molecule has 3 rings (SSSR count). The second-order valence-corrected chi connectivity index (χ2v) is 8.81. The van der Waals surface area contributed by atoms with E-state index in [9.17, 15) is 13.2 Å². The average molecular weight is 394 g/mol. The number of likely N-dealkylation sites (N-methyl/N-ethyl adjacent to an activating group) is 1. The molecule has 146 valence electrons. The molecule has 1 aliphatic heterocycles. The molecule has 1 unspecified atom stereocenters. The number of benzene rings is 1. The minimum Gasteiger partial charge on any atom is -0.497 e. The third kappa shape index (κ3) is 5.27. The minimum absolute atomic E-state index is 0.0112. The van der Waals surface area contributed by atoms with Gasteiger partial charge in [-0.3, -0.25) is 9.69 Å². The first-order valence-corrected chi connectivity index (χ1v) is 10.3. The van der Waals surface area contributed by atoms with Crippen molar-refractivity contribution in [2.75, 3.05) is 32.2 Å². The lowest BCUT2D eigenvalue weighted by Gasteiger charge is -2.16. The number of nitrogens with zero attached hydrogens (tertiary/aromatic N) is 3. The average Bonchev–Trinajstić information content (AvgIpc) is 3.21. The van der Waals surface area contributed by atoms with Crippen LogP contribution in [0.3, 0.4) is 0 Å². The summed E-state index contributed by atoms with van der Waals surface area (Å²) >= 11 is 0. The first kappa shape index (κ1) is 19.3. The van der Waals surface area contributed by atoms with Gasteiger partial charge in [0, 0.05) is 11.6 Å². The topological polar surface area (TPSA) is 115 Å². The van der Waals surface area contributed by atoms with Gasteiger partial charge in [0.25, 0.3) is 0 Å². The standard InChI is InChI=1S/C17H22N4O5S/c1-21(9-15(22)18-13-7-8-27(23,24)11-13)10-16-19-17(20-26-16)12-3-5-14(25-2)6-4-12/h3-6,13H,7-11H2,1-2H3,(H,18,22). The molecular formula is C17H22N4O5S. The Kier molecular flexibility index (Phi) is 5.76. The van der Waals surface area contributed by atoms with Crippen molar-refractivity contribution >= 4 is 15.7 Å². The maximum atomic E-state index is 12.1. The summed E-state index contributed by atoms with van der Waals surface area (Å²) in [5.74, 6) is 1.50. The molecule has 1 amide bonds. The van der Waals surface area contributed by atoms with Gasteiger partial charge in [-0.1, -0.05) is 5.16 Å². The number of carbonyl (C=O) groups excluding carboxylic acids is 1. The quantitative estimate of drug-likeness (QED) is 0.721. The number of nitrogens with one attached hydrogen (secondary N) is 1. The van der Waals surface area contributed by atoms with E-state index in [1.165, 1.54) is 0 Å². The first-order chi connectivity index (χ1) is 12.8. The van der Waals surface area contributed by atoms with Crippen LogP contribution in [0.1, 0.15) is 12.3 Å². The monoisotopic (exact) mass is 394 g/mol. The second-order valence-electron chi connectivity index (χ2n) is 6.58. The fraction of sp³-hybridized carbons (Fsp3) is 0.471. The van der Waals surface area contributed by atoms with Crippen LogP contribution in [0.25, 0.3) is 11.4 Å². The fourth-order valence-electron chi connectivity index (χ4n) is 2.89. The van der Waals surface area contributed by atoms with Crippen LogP contribution in [0, 0.1) is 0 Å². The zero-order chi connectivity index (χ0) is 19.4. The number of carbonyl (C=O) groups is 1. The van der Waals surface area contributed by atoms with Gasteiger partial charge in [-0.05, 0) is 37.7 Å². The molecule has 2 heterocycles. The van der Waals surface area contributed by atoms with E-state index >= 15 is 0 Å². The lowest BCUT2D eigenvalue weighted by Crippen LogP contribution is -2.41. The minimum atomic E-state index is -3.02. The number of methoxy groups -OCH3 is 1. The van der Waals surface area contributed by atoms with Crippen LogP contribution in [-0.4, -0.2) is 67.6 Å². The molecule has 0 aliphatic carbocycles. The SMILES string of the molecule is COc1ccc(-c2noc(CN(C)CC(=O)NC3CCS(=O)(=O)C3)n2)cc1. The highest BCUT2D eigenvalue weighted by Crippen LogP contribution is 2.20. The van der Waals surface area contributed by atoms with E-state index in [1.807, 2.05) is 24.3 Å². The smallest absolute Gasteiger partial charge is 0.241 e. The Morgan fingerprint density at radius 3 is 2.74 bits per heavy atom. The lowest BCUT2D eigenvalue weighted by molar-refractivity contribution is -0.122. The molecule has 1 saturated heterocycles. The molecule has 1 aromatic heterocycles. The third-order valence-electron chi connectivity index (χ3n) is 4.23. The van der Waals surface area contributed by atoms with E-state index in [1.54, 1.807) is 19.1 Å². The molecule has 0 bridgehead atoms. The summed E-state index contributed by atoms with van der Waals surface area (Å²) in [4.78, 5) is 18.1. The van der Waals surface area contributed by atoms with Crippen molar-refractivity contribution in [3.8, 4) is 17.1 Å². The Balaban J connectivity index is 1.51. The second kappa shape index (κ2) is 8.05. The summed E-state index contributed by atoms with van der Waals surface area (Å²) in [7, 11) is 0.333. The molecule has 0 spiro atoms. The molecule has 1 aliphatic rings. The zero-order valence-electron chi connectivity index (χ0n) is 15.2. The Hall–Kier alpha value is -2.46. The van der Waals surface area contributed by atoms with Crippen molar-refractivity contribution in [1.29, 1.82) is 0 Å². The number of rotatable bonds is 7. The van der Waals surface area contributed by atoms with Gasteiger partial charge < -0.3 is 14.6 Å². The number of hydrogen-bond donors (Lipinski definition) is 1. The molecule has 0 saturated carbocycles. The molecule has 9 nitrogen and oxygen atoms in total. The highest BCUT2D eigenvalue weighted by Gasteiger charge is 2.29. The normalized spacial score (nSPS) is 18.6. The Morgan fingerprint density at radius 1 is 1.37 bits per heavy atom. The lowest BCUT2D eigenvalue weighted by atomic mass is 10.2. The van der Waals surface area contributed by atoms with Crippen LogP contribution < -0.4 is 10.1 Å². The Labute approximate surface area is 157 Å². The summed E-state index contributed by atoms with van der Waals surface area (Å²) in [5.41, 5.74) is 0.800. The Morgan fingerprint density at radius 2 is 2.11 bits per heavy atom. The van der Waals surface area contributed by atoms with Crippen molar-refractivity contribution in [2.24, 2.45) is 0 Å².